The van der Waals surface area contributed by atoms with Gasteiger partial charge in [-0.15, -0.1) is 0 Å². The molecule has 0 radical (unpaired) electrons. The van der Waals surface area contributed by atoms with Gasteiger partial charge in [-0.05, 0) is 35.2 Å². The van der Waals surface area contributed by atoms with Gasteiger partial charge in [-0.2, -0.15) is 0 Å². The van der Waals surface area contributed by atoms with Crippen LogP contribution in [0.2, 0.25) is 0 Å². The third-order valence-electron chi connectivity index (χ3n) is 2.38. The molecule has 0 aliphatic carbocycles. The molecule has 70 valence electrons. The van der Waals surface area contributed by atoms with E-state index in [0.29, 0.717) is 5.82 Å². The van der Waals surface area contributed by atoms with Gasteiger partial charge < -0.3 is 4.57 Å². The largest absolute Gasteiger partial charge is 0.324 e. The first-order valence-electron chi connectivity index (χ1n) is 4.46. The fourth-order valence-corrected chi connectivity index (χ4v) is 2.35. The summed E-state index contributed by atoms with van der Waals surface area (Å²) in [6, 6.07) is 0. The molecule has 0 saturated carbocycles. The molecule has 3 nitrogen and oxygen atoms in total. The number of aromatic nitrogens is 2. The van der Waals surface area contributed by atoms with Gasteiger partial charge in [-0.1, -0.05) is 0 Å². The van der Waals surface area contributed by atoms with Gasteiger partial charge in [0, 0.05) is 13.5 Å². The van der Waals surface area contributed by atoms with Crippen molar-refractivity contribution >= 4 is 21.7 Å². The Labute approximate surface area is 85.3 Å². The lowest BCUT2D eigenvalue weighted by atomic mass is 10.1. The van der Waals surface area contributed by atoms with E-state index >= 15 is 0 Å². The Morgan fingerprint density at radius 3 is 3.00 bits per heavy atom. The van der Waals surface area contributed by atoms with Crippen LogP contribution in [0.4, 0.5) is 0 Å². The van der Waals surface area contributed by atoms with Gasteiger partial charge in [0.1, 0.15) is 4.60 Å². The predicted molar refractivity (Wildman–Crippen MR) is 52.9 cm³/mol. The molecule has 0 amide bonds. The molecule has 2 rings (SSSR count). The van der Waals surface area contributed by atoms with Crippen LogP contribution >= 0.6 is 15.9 Å². The first-order chi connectivity index (χ1) is 6.20. The van der Waals surface area contributed by atoms with Gasteiger partial charge in [-0.3, -0.25) is 4.79 Å². The summed E-state index contributed by atoms with van der Waals surface area (Å²) in [5, 5.41) is 0. The first kappa shape index (κ1) is 8.94. The molecular formula is C9H11BrN2O. The molecule has 0 fully saturated rings. The Hall–Kier alpha value is -0.640. The molecule has 0 aromatic carbocycles. The summed E-state index contributed by atoms with van der Waals surface area (Å²) in [6.07, 6.45) is 3.37. The summed E-state index contributed by atoms with van der Waals surface area (Å²) in [6.45, 7) is 2.50. The third kappa shape index (κ3) is 1.43. The minimum atomic E-state index is 0.0499. The van der Waals surface area contributed by atoms with Crippen molar-refractivity contribution in [1.82, 2.24) is 9.55 Å². The van der Waals surface area contributed by atoms with Crippen LogP contribution in [0.25, 0.3) is 0 Å². The van der Waals surface area contributed by atoms with Gasteiger partial charge in [0.15, 0.2) is 11.6 Å². The standard InChI is InChI=1S/C9H11BrN2O/c1-6(13)9-11-8(10)7-4-2-3-5-12(7)9/h2-5H2,1H3. The zero-order chi connectivity index (χ0) is 9.42. The summed E-state index contributed by atoms with van der Waals surface area (Å²) in [4.78, 5) is 15.4. The number of rotatable bonds is 1. The van der Waals surface area contributed by atoms with E-state index in [2.05, 4.69) is 20.9 Å². The summed E-state index contributed by atoms with van der Waals surface area (Å²) >= 11 is 3.39. The number of halogens is 1. The molecule has 1 aromatic rings. The maximum Gasteiger partial charge on any atom is 0.195 e. The molecule has 0 N–H and O–H groups in total. The monoisotopic (exact) mass is 242 g/mol. The van der Waals surface area contributed by atoms with Gasteiger partial charge in [0.2, 0.25) is 0 Å². The van der Waals surface area contributed by atoms with Crippen molar-refractivity contribution in [1.29, 1.82) is 0 Å². The lowest BCUT2D eigenvalue weighted by molar-refractivity contribution is 0.0998. The molecule has 0 bridgehead atoms. The van der Waals surface area contributed by atoms with Crippen LogP contribution < -0.4 is 0 Å². The van der Waals surface area contributed by atoms with Crippen LogP contribution in [0.5, 0.6) is 0 Å². The number of Topliss-reactive ketones (excluding diaryl/α,β-unsaturated/α-hetero) is 1. The Kier molecular flexibility index (Phi) is 2.24. The maximum atomic E-state index is 11.2. The van der Waals surface area contributed by atoms with Gasteiger partial charge in [0.25, 0.3) is 0 Å². The van der Waals surface area contributed by atoms with Crippen LogP contribution in [0.15, 0.2) is 4.60 Å². The zero-order valence-corrected chi connectivity index (χ0v) is 9.10. The molecule has 1 aliphatic rings. The van der Waals surface area contributed by atoms with E-state index < -0.39 is 0 Å². The maximum absolute atomic E-state index is 11.2. The number of carbonyl (C=O) groups is 1. The summed E-state index contributed by atoms with van der Waals surface area (Å²) in [7, 11) is 0. The van der Waals surface area contributed by atoms with Gasteiger partial charge >= 0.3 is 0 Å². The minimum Gasteiger partial charge on any atom is -0.324 e. The average molecular weight is 243 g/mol. The molecule has 0 atom stereocenters. The SMILES string of the molecule is CC(=O)c1nc(Br)c2n1CCCC2. The Bertz CT molecular complexity index is 357. The Morgan fingerprint density at radius 2 is 2.31 bits per heavy atom. The van der Waals surface area contributed by atoms with Crippen molar-refractivity contribution in [2.75, 3.05) is 0 Å². The van der Waals surface area contributed by atoms with Crippen LogP contribution in [-0.2, 0) is 13.0 Å². The zero-order valence-electron chi connectivity index (χ0n) is 7.51. The molecule has 4 heteroatoms. The van der Waals surface area contributed by atoms with Crippen LogP contribution in [-0.4, -0.2) is 15.3 Å². The molecule has 2 heterocycles. The molecule has 0 unspecified atom stereocenters. The highest BCUT2D eigenvalue weighted by molar-refractivity contribution is 9.10. The first-order valence-corrected chi connectivity index (χ1v) is 5.25. The van der Waals surface area contributed by atoms with E-state index in [9.17, 15) is 4.79 Å². The molecule has 1 aliphatic heterocycles. The van der Waals surface area contributed by atoms with Crippen molar-refractivity contribution in [2.45, 2.75) is 32.7 Å². The second-order valence-electron chi connectivity index (χ2n) is 3.34. The molecule has 0 saturated heterocycles. The number of imidazole rings is 1. The van der Waals surface area contributed by atoms with Crippen LogP contribution in [0, 0.1) is 0 Å². The lowest BCUT2D eigenvalue weighted by Crippen LogP contribution is -2.14. The van der Waals surface area contributed by atoms with Crippen LogP contribution in [0.3, 0.4) is 0 Å². The normalized spacial score (nSPS) is 15.5. The quantitative estimate of drug-likeness (QED) is 0.708. The number of nitrogens with zero attached hydrogens (tertiary/aromatic N) is 2. The van der Waals surface area contributed by atoms with E-state index in [1.54, 1.807) is 6.92 Å². The number of carbonyl (C=O) groups excluding carboxylic acids is 1. The van der Waals surface area contributed by atoms with Crippen LogP contribution in [0.1, 0.15) is 36.1 Å². The topological polar surface area (TPSA) is 34.9 Å². The smallest absolute Gasteiger partial charge is 0.195 e. The molecule has 0 spiro atoms. The van der Waals surface area contributed by atoms with Crippen molar-refractivity contribution in [2.24, 2.45) is 0 Å². The van der Waals surface area contributed by atoms with Crippen molar-refractivity contribution in [3.8, 4) is 0 Å². The summed E-state index contributed by atoms with van der Waals surface area (Å²) in [5.74, 6) is 0.649. The number of hydrogen-bond acceptors (Lipinski definition) is 2. The van der Waals surface area contributed by atoms with E-state index in [1.807, 2.05) is 4.57 Å². The lowest BCUT2D eigenvalue weighted by Gasteiger charge is -2.15. The van der Waals surface area contributed by atoms with Crippen molar-refractivity contribution in [3.63, 3.8) is 0 Å². The number of hydrogen-bond donors (Lipinski definition) is 0. The second-order valence-corrected chi connectivity index (χ2v) is 4.09. The molecule has 1 aromatic heterocycles. The van der Waals surface area contributed by atoms with Crippen molar-refractivity contribution < 1.29 is 4.79 Å². The molecule has 13 heavy (non-hydrogen) atoms. The molecular weight excluding hydrogens is 232 g/mol. The predicted octanol–water partition coefficient (Wildman–Crippen LogP) is 2.18. The average Bonchev–Trinajstić information content (AvgIpc) is 2.45. The van der Waals surface area contributed by atoms with Crippen molar-refractivity contribution in [3.05, 3.63) is 16.1 Å². The van der Waals surface area contributed by atoms with E-state index in [1.165, 1.54) is 12.1 Å². The highest BCUT2D eigenvalue weighted by atomic mass is 79.9. The summed E-state index contributed by atoms with van der Waals surface area (Å²) < 4.78 is 2.88. The minimum absolute atomic E-state index is 0.0499. The number of fused-ring (bicyclic) bond motifs is 1. The van der Waals surface area contributed by atoms with E-state index in [-0.39, 0.29) is 5.78 Å². The highest BCUT2D eigenvalue weighted by Gasteiger charge is 2.20. The second kappa shape index (κ2) is 3.25. The van der Waals surface area contributed by atoms with Gasteiger partial charge in [-0.25, -0.2) is 4.98 Å². The summed E-state index contributed by atoms with van der Waals surface area (Å²) in [5.41, 5.74) is 1.18. The van der Waals surface area contributed by atoms with Gasteiger partial charge in [0.05, 0.1) is 5.69 Å². The Balaban J connectivity index is 2.53. The highest BCUT2D eigenvalue weighted by Crippen LogP contribution is 2.24. The van der Waals surface area contributed by atoms with E-state index in [4.69, 9.17) is 0 Å². The Morgan fingerprint density at radius 1 is 1.54 bits per heavy atom. The van der Waals surface area contributed by atoms with E-state index in [0.717, 1.165) is 24.0 Å². The fourth-order valence-electron chi connectivity index (χ4n) is 1.77. The third-order valence-corrected chi connectivity index (χ3v) is 3.02. The number of ketones is 1. The fraction of sp³-hybridized carbons (Fsp3) is 0.556.